The van der Waals surface area contributed by atoms with Gasteiger partial charge in [0.15, 0.2) is 0 Å². The maximum Gasteiger partial charge on any atom is 0.348 e. The van der Waals surface area contributed by atoms with Crippen molar-refractivity contribution in [3.8, 4) is 0 Å². The average Bonchev–Trinajstić information content (AvgIpc) is 2.89. The average molecular weight is 329 g/mol. The number of fused-ring (bicyclic) bond motifs is 1. The molecule has 3 rings (SSSR count). The predicted octanol–water partition coefficient (Wildman–Crippen LogP) is 2.39. The minimum atomic E-state index is -0.411. The van der Waals surface area contributed by atoms with Gasteiger partial charge in [-0.3, -0.25) is 14.3 Å². The van der Waals surface area contributed by atoms with Crippen molar-refractivity contribution in [2.45, 2.75) is 20.4 Å². The highest BCUT2D eigenvalue weighted by Gasteiger charge is 2.20. The van der Waals surface area contributed by atoms with E-state index in [2.05, 4.69) is 9.97 Å². The normalized spacial score (nSPS) is 10.9. The molecular weight excluding hydrogens is 314 g/mol. The fraction of sp³-hybridized carbons (Fsp3) is 0.250. The van der Waals surface area contributed by atoms with E-state index in [0.717, 1.165) is 5.56 Å². The van der Waals surface area contributed by atoms with Gasteiger partial charge in [0.2, 0.25) is 0 Å². The number of pyridine rings is 1. The molecule has 118 valence electrons. The van der Waals surface area contributed by atoms with Crippen LogP contribution in [0.1, 0.15) is 27.7 Å². The molecule has 6 nitrogen and oxygen atoms in total. The number of aryl methyl sites for hydroxylation is 1. The molecule has 0 aliphatic heterocycles. The summed E-state index contributed by atoms with van der Waals surface area (Å²) in [6.45, 7) is 4.19. The molecule has 0 aliphatic carbocycles. The van der Waals surface area contributed by atoms with Crippen LogP contribution in [0.15, 0.2) is 35.6 Å². The van der Waals surface area contributed by atoms with Crippen LogP contribution in [0.25, 0.3) is 10.2 Å². The number of hydrogen-bond acceptors (Lipinski definition) is 6. The standard InChI is InChI=1S/C16H15N3O3S/c1-3-22-16(21)13-10(2)12-14(23-13)18-9-19(15(12)20)8-11-5-4-6-17-7-11/h4-7,9H,3,8H2,1-2H3. The Morgan fingerprint density at radius 1 is 1.43 bits per heavy atom. The minimum absolute atomic E-state index is 0.164. The Bertz CT molecular complexity index is 915. The van der Waals surface area contributed by atoms with E-state index in [-0.39, 0.29) is 5.56 Å². The highest BCUT2D eigenvalue weighted by molar-refractivity contribution is 7.20. The van der Waals surface area contributed by atoms with E-state index >= 15 is 0 Å². The number of esters is 1. The van der Waals surface area contributed by atoms with Crippen LogP contribution >= 0.6 is 11.3 Å². The van der Waals surface area contributed by atoms with Crippen molar-refractivity contribution in [3.05, 3.63) is 57.2 Å². The first-order valence-electron chi connectivity index (χ1n) is 7.16. The SMILES string of the molecule is CCOC(=O)c1sc2ncn(Cc3cccnc3)c(=O)c2c1C. The van der Waals surface area contributed by atoms with Crippen LogP contribution in [0.3, 0.4) is 0 Å². The third-order valence-electron chi connectivity index (χ3n) is 3.45. The highest BCUT2D eigenvalue weighted by atomic mass is 32.1. The second-order valence-electron chi connectivity index (χ2n) is 5.00. The quantitative estimate of drug-likeness (QED) is 0.687. The molecule has 0 N–H and O–H groups in total. The molecule has 7 heteroatoms. The summed E-state index contributed by atoms with van der Waals surface area (Å²) in [6, 6.07) is 3.72. The largest absolute Gasteiger partial charge is 0.462 e. The Balaban J connectivity index is 2.07. The van der Waals surface area contributed by atoms with Gasteiger partial charge in [-0.25, -0.2) is 9.78 Å². The summed E-state index contributed by atoms with van der Waals surface area (Å²) in [5, 5.41) is 0.476. The number of carbonyl (C=O) groups is 1. The second kappa shape index (κ2) is 6.29. The van der Waals surface area contributed by atoms with Gasteiger partial charge in [-0.2, -0.15) is 0 Å². The van der Waals surface area contributed by atoms with Gasteiger partial charge >= 0.3 is 5.97 Å². The Morgan fingerprint density at radius 3 is 2.96 bits per heavy atom. The van der Waals surface area contributed by atoms with Crippen molar-refractivity contribution in [3.63, 3.8) is 0 Å². The van der Waals surface area contributed by atoms with Gasteiger partial charge in [-0.1, -0.05) is 6.07 Å². The molecule has 0 atom stereocenters. The molecule has 0 radical (unpaired) electrons. The lowest BCUT2D eigenvalue weighted by Gasteiger charge is -2.05. The molecule has 0 saturated heterocycles. The number of rotatable bonds is 4. The van der Waals surface area contributed by atoms with Crippen molar-refractivity contribution in [1.29, 1.82) is 0 Å². The van der Waals surface area contributed by atoms with Crippen LogP contribution in [0, 0.1) is 6.92 Å². The fourth-order valence-electron chi connectivity index (χ4n) is 2.35. The molecule has 0 fully saturated rings. The van der Waals surface area contributed by atoms with Gasteiger partial charge in [0.05, 0.1) is 24.9 Å². The van der Waals surface area contributed by atoms with Crippen molar-refractivity contribution in [2.75, 3.05) is 6.61 Å². The topological polar surface area (TPSA) is 74.1 Å². The van der Waals surface area contributed by atoms with Crippen molar-refractivity contribution in [2.24, 2.45) is 0 Å². The van der Waals surface area contributed by atoms with E-state index in [4.69, 9.17) is 4.74 Å². The lowest BCUT2D eigenvalue weighted by atomic mass is 10.2. The summed E-state index contributed by atoms with van der Waals surface area (Å²) in [7, 11) is 0. The molecule has 3 heterocycles. The van der Waals surface area contributed by atoms with Crippen LogP contribution in [-0.4, -0.2) is 27.1 Å². The predicted molar refractivity (Wildman–Crippen MR) is 87.9 cm³/mol. The molecule has 0 aliphatic rings. The van der Waals surface area contributed by atoms with Gasteiger partial charge < -0.3 is 4.74 Å². The summed E-state index contributed by atoms with van der Waals surface area (Å²) in [6.07, 6.45) is 4.89. The van der Waals surface area contributed by atoms with Crippen LogP contribution in [-0.2, 0) is 11.3 Å². The van der Waals surface area contributed by atoms with Gasteiger partial charge in [-0.05, 0) is 31.0 Å². The van der Waals surface area contributed by atoms with E-state index < -0.39 is 5.97 Å². The third kappa shape index (κ3) is 2.87. The molecule has 23 heavy (non-hydrogen) atoms. The summed E-state index contributed by atoms with van der Waals surface area (Å²) < 4.78 is 6.55. The van der Waals surface area contributed by atoms with Crippen LogP contribution in [0.2, 0.25) is 0 Å². The monoisotopic (exact) mass is 329 g/mol. The molecule has 3 aromatic heterocycles. The molecule has 0 amide bonds. The Hall–Kier alpha value is -2.54. The molecule has 0 unspecified atom stereocenters. The zero-order valence-electron chi connectivity index (χ0n) is 12.8. The number of nitrogens with zero attached hydrogens (tertiary/aromatic N) is 3. The molecule has 0 aromatic carbocycles. The van der Waals surface area contributed by atoms with Gasteiger partial charge in [0.25, 0.3) is 5.56 Å². The number of ether oxygens (including phenoxy) is 1. The van der Waals surface area contributed by atoms with E-state index in [0.29, 0.717) is 33.8 Å². The second-order valence-corrected chi connectivity index (χ2v) is 5.99. The Morgan fingerprint density at radius 2 is 2.26 bits per heavy atom. The first-order chi connectivity index (χ1) is 11.1. The zero-order chi connectivity index (χ0) is 16.4. The third-order valence-corrected chi connectivity index (χ3v) is 4.63. The smallest absolute Gasteiger partial charge is 0.348 e. The van der Waals surface area contributed by atoms with Crippen LogP contribution < -0.4 is 5.56 Å². The van der Waals surface area contributed by atoms with Crippen LogP contribution in [0.4, 0.5) is 0 Å². The van der Waals surface area contributed by atoms with E-state index in [1.54, 1.807) is 26.2 Å². The lowest BCUT2D eigenvalue weighted by molar-refractivity contribution is 0.0531. The number of hydrogen-bond donors (Lipinski definition) is 0. The van der Waals surface area contributed by atoms with E-state index in [1.165, 1.54) is 22.2 Å². The maximum atomic E-state index is 12.7. The number of aromatic nitrogens is 3. The Kier molecular flexibility index (Phi) is 4.20. The molecular formula is C16H15N3O3S. The van der Waals surface area contributed by atoms with Gasteiger partial charge in [0.1, 0.15) is 9.71 Å². The van der Waals surface area contributed by atoms with Gasteiger partial charge in [0, 0.05) is 12.4 Å². The molecule has 0 spiro atoms. The summed E-state index contributed by atoms with van der Waals surface area (Å²) in [4.78, 5) is 34.0. The van der Waals surface area contributed by atoms with Crippen molar-refractivity contribution >= 4 is 27.5 Å². The van der Waals surface area contributed by atoms with Crippen LogP contribution in [0.5, 0.6) is 0 Å². The molecule has 3 aromatic rings. The summed E-state index contributed by atoms with van der Waals surface area (Å²) in [5.74, 6) is -0.411. The van der Waals surface area contributed by atoms with E-state index in [1.807, 2.05) is 12.1 Å². The zero-order valence-corrected chi connectivity index (χ0v) is 13.6. The van der Waals surface area contributed by atoms with Gasteiger partial charge in [-0.15, -0.1) is 11.3 Å². The first kappa shape index (κ1) is 15.4. The summed E-state index contributed by atoms with van der Waals surface area (Å²) >= 11 is 1.19. The number of carbonyl (C=O) groups excluding carboxylic acids is 1. The maximum absolute atomic E-state index is 12.7. The first-order valence-corrected chi connectivity index (χ1v) is 7.98. The fourth-order valence-corrected chi connectivity index (χ4v) is 3.38. The van der Waals surface area contributed by atoms with E-state index in [9.17, 15) is 9.59 Å². The lowest BCUT2D eigenvalue weighted by Crippen LogP contribution is -2.21. The Labute approximate surface area is 136 Å². The van der Waals surface area contributed by atoms with Crippen molar-refractivity contribution < 1.29 is 9.53 Å². The number of thiophene rings is 1. The minimum Gasteiger partial charge on any atom is -0.462 e. The summed E-state index contributed by atoms with van der Waals surface area (Å²) in [5.41, 5.74) is 1.37. The highest BCUT2D eigenvalue weighted by Crippen LogP contribution is 2.27. The molecule has 0 bridgehead atoms. The molecule has 0 saturated carbocycles. The van der Waals surface area contributed by atoms with Crippen molar-refractivity contribution in [1.82, 2.24) is 14.5 Å².